The predicted octanol–water partition coefficient (Wildman–Crippen LogP) is 2.54. The molecule has 0 unspecified atom stereocenters. The second-order valence-electron chi connectivity index (χ2n) is 8.09. The van der Waals surface area contributed by atoms with Crippen LogP contribution in [0.2, 0.25) is 0 Å². The molecule has 0 radical (unpaired) electrons. The first-order valence-electron chi connectivity index (χ1n) is 9.66. The van der Waals surface area contributed by atoms with Gasteiger partial charge in [0.1, 0.15) is 11.6 Å². The number of benzene rings is 1. The van der Waals surface area contributed by atoms with Gasteiger partial charge in [0.2, 0.25) is 5.75 Å². The van der Waals surface area contributed by atoms with Crippen molar-refractivity contribution in [1.29, 1.82) is 0 Å². The number of aromatic nitrogens is 2. The number of aryl methyl sites for hydroxylation is 1. The van der Waals surface area contributed by atoms with Crippen molar-refractivity contribution in [3.8, 4) is 5.75 Å². The molecule has 0 saturated heterocycles. The third kappa shape index (κ3) is 2.99. The van der Waals surface area contributed by atoms with Crippen molar-refractivity contribution >= 4 is 5.91 Å². The maximum Gasteiger partial charge on any atom is 0.315 e. The van der Waals surface area contributed by atoms with Crippen molar-refractivity contribution in [2.24, 2.45) is 0 Å². The van der Waals surface area contributed by atoms with Gasteiger partial charge in [0.05, 0.1) is 0 Å². The summed E-state index contributed by atoms with van der Waals surface area (Å²) >= 11 is 0. The van der Waals surface area contributed by atoms with Crippen LogP contribution in [0.15, 0.2) is 23.0 Å². The van der Waals surface area contributed by atoms with E-state index < -0.39 is 11.3 Å². The van der Waals surface area contributed by atoms with Crippen LogP contribution >= 0.6 is 0 Å². The number of carbonyl (C=O) groups excluding carboxylic acids is 1. The van der Waals surface area contributed by atoms with Crippen LogP contribution in [-0.4, -0.2) is 39.1 Å². The minimum Gasteiger partial charge on any atom is -0.501 e. The Labute approximate surface area is 162 Å². The lowest BCUT2D eigenvalue weighted by atomic mass is 9.75. The van der Waals surface area contributed by atoms with Gasteiger partial charge in [-0.2, -0.15) is 4.98 Å². The lowest BCUT2D eigenvalue weighted by molar-refractivity contribution is 0.0737. The van der Waals surface area contributed by atoms with Gasteiger partial charge in [0.25, 0.3) is 5.91 Å². The van der Waals surface area contributed by atoms with Crippen LogP contribution in [0, 0.1) is 12.7 Å². The van der Waals surface area contributed by atoms with Crippen LogP contribution in [0.5, 0.6) is 5.75 Å². The second kappa shape index (κ2) is 6.72. The summed E-state index contributed by atoms with van der Waals surface area (Å²) in [5.41, 5.74) is 0.673. The van der Waals surface area contributed by atoms with Gasteiger partial charge in [-0.1, -0.05) is 18.9 Å². The van der Waals surface area contributed by atoms with E-state index in [2.05, 4.69) is 4.98 Å². The molecule has 1 amide bonds. The van der Waals surface area contributed by atoms with Gasteiger partial charge in [-0.15, -0.1) is 0 Å². The molecule has 0 bridgehead atoms. The highest BCUT2D eigenvalue weighted by molar-refractivity contribution is 5.95. The number of hydrogen-bond donors (Lipinski definition) is 1. The molecule has 1 N–H and O–H groups in total. The average molecular weight is 385 g/mol. The number of hydrogen-bond acceptors (Lipinski definition) is 4. The number of carbonyl (C=O) groups is 1. The minimum absolute atomic E-state index is 0.00678. The van der Waals surface area contributed by atoms with Crippen molar-refractivity contribution in [1.82, 2.24) is 14.5 Å². The number of likely N-dealkylation sites (N-methyl/N-ethyl adjacent to an activating group) is 1. The number of rotatable bonds is 3. The quantitative estimate of drug-likeness (QED) is 0.881. The lowest BCUT2D eigenvalue weighted by Crippen LogP contribution is -2.42. The lowest BCUT2D eigenvalue weighted by Gasteiger charge is -2.33. The molecule has 1 aromatic heterocycles. The highest BCUT2D eigenvalue weighted by Crippen LogP contribution is 2.44. The second-order valence-corrected chi connectivity index (χ2v) is 8.09. The number of fused-ring (bicyclic) bond motifs is 1. The summed E-state index contributed by atoms with van der Waals surface area (Å²) in [6, 6.07) is 5.08. The van der Waals surface area contributed by atoms with E-state index in [1.165, 1.54) is 11.0 Å². The highest BCUT2D eigenvalue weighted by atomic mass is 19.1. The van der Waals surface area contributed by atoms with Gasteiger partial charge >= 0.3 is 5.56 Å². The average Bonchev–Trinajstić information content (AvgIpc) is 3.11. The summed E-state index contributed by atoms with van der Waals surface area (Å²) in [7, 11) is 1.64. The molecule has 1 fully saturated rings. The minimum atomic E-state index is -0.784. The standard InChI is InChI=1S/C21H24FN3O3/c1-13-9-14(11-15(22)10-13)21(5-3-4-6-21)12-16-23-19(27)18(26)17-20(28)24(2)7-8-25(16)17/h9-11,26H,3-8,12H2,1-2H3. The highest BCUT2D eigenvalue weighted by Gasteiger charge is 2.39. The molecule has 2 aliphatic rings. The Morgan fingerprint density at radius 3 is 2.57 bits per heavy atom. The summed E-state index contributed by atoms with van der Waals surface area (Å²) in [6.45, 7) is 2.82. The van der Waals surface area contributed by atoms with Gasteiger partial charge in [0, 0.05) is 32.0 Å². The number of aromatic hydroxyl groups is 1. The maximum atomic E-state index is 14.1. The first-order valence-corrected chi connectivity index (χ1v) is 9.66. The van der Waals surface area contributed by atoms with Crippen molar-refractivity contribution < 1.29 is 14.3 Å². The Bertz CT molecular complexity index is 988. The van der Waals surface area contributed by atoms with Crippen molar-refractivity contribution in [3.63, 3.8) is 0 Å². The van der Waals surface area contributed by atoms with E-state index in [4.69, 9.17) is 0 Å². The molecular formula is C21H24FN3O3. The molecule has 1 aliphatic carbocycles. The first-order chi connectivity index (χ1) is 13.3. The van der Waals surface area contributed by atoms with Gasteiger partial charge in [-0.05, 0) is 43.0 Å². The third-order valence-corrected chi connectivity index (χ3v) is 6.16. The number of amides is 1. The van der Waals surface area contributed by atoms with Gasteiger partial charge in [0.15, 0.2) is 5.69 Å². The summed E-state index contributed by atoms with van der Waals surface area (Å²) in [5, 5.41) is 10.2. The Balaban J connectivity index is 1.84. The van der Waals surface area contributed by atoms with Crippen LogP contribution in [0.4, 0.5) is 4.39 Å². The molecular weight excluding hydrogens is 361 g/mol. The van der Waals surface area contributed by atoms with E-state index in [0.29, 0.717) is 25.3 Å². The Morgan fingerprint density at radius 1 is 1.18 bits per heavy atom. The molecule has 0 spiro atoms. The zero-order valence-electron chi connectivity index (χ0n) is 16.2. The molecule has 0 atom stereocenters. The zero-order valence-corrected chi connectivity index (χ0v) is 16.2. The first kappa shape index (κ1) is 18.7. The molecule has 7 heteroatoms. The molecule has 1 aliphatic heterocycles. The van der Waals surface area contributed by atoms with E-state index in [1.807, 2.05) is 13.0 Å². The predicted molar refractivity (Wildman–Crippen MR) is 102 cm³/mol. The SMILES string of the molecule is Cc1cc(F)cc(C2(Cc3nc(=O)c(O)c4n3CCN(C)C4=O)CCCC2)c1. The van der Waals surface area contributed by atoms with Gasteiger partial charge in [-0.3, -0.25) is 9.59 Å². The van der Waals surface area contributed by atoms with E-state index in [1.54, 1.807) is 17.7 Å². The van der Waals surface area contributed by atoms with Crippen LogP contribution in [0.1, 0.15) is 53.1 Å². The molecule has 148 valence electrons. The fourth-order valence-corrected chi connectivity index (χ4v) is 4.68. The smallest absolute Gasteiger partial charge is 0.315 e. The molecule has 6 nitrogen and oxygen atoms in total. The summed E-state index contributed by atoms with van der Waals surface area (Å²) in [6.07, 6.45) is 4.22. The summed E-state index contributed by atoms with van der Waals surface area (Å²) < 4.78 is 15.8. The van der Waals surface area contributed by atoms with E-state index in [0.717, 1.165) is 36.8 Å². The van der Waals surface area contributed by atoms with Crippen molar-refractivity contribution in [2.75, 3.05) is 13.6 Å². The number of halogens is 1. The molecule has 1 saturated carbocycles. The Morgan fingerprint density at radius 2 is 1.89 bits per heavy atom. The third-order valence-electron chi connectivity index (χ3n) is 6.16. The largest absolute Gasteiger partial charge is 0.501 e. The maximum absolute atomic E-state index is 14.1. The Kier molecular flexibility index (Phi) is 4.48. The van der Waals surface area contributed by atoms with Crippen molar-refractivity contribution in [3.05, 3.63) is 57.0 Å². The van der Waals surface area contributed by atoms with E-state index in [9.17, 15) is 19.1 Å². The fraction of sp³-hybridized carbons (Fsp3) is 0.476. The van der Waals surface area contributed by atoms with E-state index >= 15 is 0 Å². The molecule has 28 heavy (non-hydrogen) atoms. The zero-order chi connectivity index (χ0) is 20.1. The van der Waals surface area contributed by atoms with Crippen LogP contribution in [0.25, 0.3) is 0 Å². The summed E-state index contributed by atoms with van der Waals surface area (Å²) in [4.78, 5) is 30.4. The Hall–Kier alpha value is -2.70. The van der Waals surface area contributed by atoms with Crippen LogP contribution in [-0.2, 0) is 18.4 Å². The van der Waals surface area contributed by atoms with E-state index in [-0.39, 0.29) is 22.8 Å². The number of nitrogens with zero attached hydrogens (tertiary/aromatic N) is 3. The topological polar surface area (TPSA) is 75.4 Å². The molecule has 2 aromatic rings. The fourth-order valence-electron chi connectivity index (χ4n) is 4.68. The summed E-state index contributed by atoms with van der Waals surface area (Å²) in [5.74, 6) is -0.757. The molecule has 1 aromatic carbocycles. The van der Waals surface area contributed by atoms with Crippen LogP contribution < -0.4 is 5.56 Å². The van der Waals surface area contributed by atoms with Crippen molar-refractivity contribution in [2.45, 2.75) is 51.0 Å². The van der Waals surface area contributed by atoms with Gasteiger partial charge < -0.3 is 14.6 Å². The van der Waals surface area contributed by atoms with Crippen LogP contribution in [0.3, 0.4) is 0 Å². The monoisotopic (exact) mass is 385 g/mol. The molecule has 2 heterocycles. The molecule has 4 rings (SSSR count). The normalized spacial score (nSPS) is 18.4. The van der Waals surface area contributed by atoms with Gasteiger partial charge in [-0.25, -0.2) is 4.39 Å².